The minimum absolute atomic E-state index is 0.250. The largest absolute Gasteiger partial charge is 0.463 e. The third-order valence-electron chi connectivity index (χ3n) is 7.63. The predicted octanol–water partition coefficient (Wildman–Crippen LogP) is 5.81. The highest BCUT2D eigenvalue weighted by atomic mass is 16.5. The summed E-state index contributed by atoms with van der Waals surface area (Å²) in [6.45, 7) is 3.27. The van der Waals surface area contributed by atoms with Gasteiger partial charge in [-0.05, 0) is 18.8 Å². The van der Waals surface area contributed by atoms with Crippen LogP contribution in [-0.4, -0.2) is 69.1 Å². The van der Waals surface area contributed by atoms with E-state index >= 15 is 0 Å². The molecule has 0 rings (SSSR count). The molecule has 5 N–H and O–H groups in total. The van der Waals surface area contributed by atoms with Gasteiger partial charge in [0.05, 0.1) is 6.61 Å². The molecule has 0 fully saturated rings. The topological polar surface area (TPSA) is 127 Å². The molecule has 1 unspecified atom stereocenters. The molecule has 0 aromatic heterocycles. The average molecular weight is 547 g/mol. The number of rotatable bonds is 28. The number of aliphatic hydroxyl groups is 5. The molecule has 5 atom stereocenters. The summed E-state index contributed by atoms with van der Waals surface area (Å²) in [5, 5.41) is 48.0. The second kappa shape index (κ2) is 26.5. The van der Waals surface area contributed by atoms with Crippen molar-refractivity contribution in [2.24, 2.45) is 5.92 Å². The number of carbonyl (C=O) groups is 1. The Morgan fingerprint density at radius 1 is 0.579 bits per heavy atom. The van der Waals surface area contributed by atoms with Crippen LogP contribution in [-0.2, 0) is 9.53 Å². The lowest BCUT2D eigenvalue weighted by Gasteiger charge is -2.25. The highest BCUT2D eigenvalue weighted by molar-refractivity contribution is 5.69. The quantitative estimate of drug-likeness (QED) is 0.0618. The Morgan fingerprint density at radius 2 is 0.947 bits per heavy atom. The lowest BCUT2D eigenvalue weighted by molar-refractivity contribution is -0.157. The summed E-state index contributed by atoms with van der Waals surface area (Å²) in [4.78, 5) is 12.5. The minimum Gasteiger partial charge on any atom is -0.463 e. The molecule has 7 nitrogen and oxygen atoms in total. The van der Waals surface area contributed by atoms with Gasteiger partial charge in [0.2, 0.25) is 0 Å². The molecular formula is C31H62O7. The smallest absolute Gasteiger partial charge is 0.306 e. The summed E-state index contributed by atoms with van der Waals surface area (Å²) in [6, 6.07) is 0. The summed E-state index contributed by atoms with van der Waals surface area (Å²) in [6.07, 6.45) is 18.6. The van der Waals surface area contributed by atoms with Gasteiger partial charge < -0.3 is 30.3 Å². The Bertz CT molecular complexity index is 516. The highest BCUT2D eigenvalue weighted by Gasteiger charge is 2.31. The van der Waals surface area contributed by atoms with Crippen LogP contribution in [0.2, 0.25) is 0 Å². The molecule has 0 heterocycles. The summed E-state index contributed by atoms with van der Waals surface area (Å²) < 4.78 is 5.20. The van der Waals surface area contributed by atoms with E-state index in [1.54, 1.807) is 0 Å². The van der Waals surface area contributed by atoms with Crippen molar-refractivity contribution in [2.75, 3.05) is 13.2 Å². The fourth-order valence-electron chi connectivity index (χ4n) is 4.97. The number of carbonyl (C=O) groups excluding carboxylic acids is 1. The summed E-state index contributed by atoms with van der Waals surface area (Å²) >= 11 is 0. The highest BCUT2D eigenvalue weighted by Crippen LogP contribution is 2.23. The van der Waals surface area contributed by atoms with Gasteiger partial charge in [-0.25, -0.2) is 0 Å². The molecule has 0 radical (unpaired) electrons. The molecule has 0 aromatic rings. The Hall–Kier alpha value is -0.730. The minimum atomic E-state index is -1.72. The van der Waals surface area contributed by atoms with Gasteiger partial charge in [0, 0.05) is 6.42 Å². The van der Waals surface area contributed by atoms with Gasteiger partial charge >= 0.3 is 5.97 Å². The van der Waals surface area contributed by atoms with Gasteiger partial charge in [0.25, 0.3) is 0 Å². The Kier molecular flexibility index (Phi) is 26.0. The summed E-state index contributed by atoms with van der Waals surface area (Å²) in [5.41, 5.74) is 0. The molecular weight excluding hydrogens is 484 g/mol. The lowest BCUT2D eigenvalue weighted by atomic mass is 9.91. The molecule has 0 aliphatic heterocycles. The lowest BCUT2D eigenvalue weighted by Crippen LogP contribution is -2.47. The van der Waals surface area contributed by atoms with Gasteiger partial charge in [0.15, 0.2) is 0 Å². The van der Waals surface area contributed by atoms with Crippen LogP contribution in [0.1, 0.15) is 149 Å². The molecule has 0 saturated heterocycles. The standard InChI is InChI=1S/C31H62O7/c1-3-5-7-9-11-13-14-16-18-20-22-26(21-19-17-15-12-10-8-6-4-2)23-29(35)38-25-28(34)31(37)30(36)27(33)24-32/h26-28,30-34,36-37H,3-25H2,1-2H3/t26?,27-,28+,30-,31-/m1/s1. The van der Waals surface area contributed by atoms with Gasteiger partial charge in [-0.2, -0.15) is 0 Å². The van der Waals surface area contributed by atoms with Crippen LogP contribution < -0.4 is 0 Å². The maximum atomic E-state index is 12.5. The zero-order chi connectivity index (χ0) is 28.4. The van der Waals surface area contributed by atoms with Gasteiger partial charge in [-0.1, -0.05) is 129 Å². The van der Waals surface area contributed by atoms with Gasteiger partial charge in [-0.15, -0.1) is 0 Å². The SMILES string of the molecule is CCCCCCCCCCCCC(CCCCCCCCCC)CC(=O)OC[C@H](O)[C@@H](O)[C@H](O)[C@H](O)CO. The normalized spacial score (nSPS) is 15.7. The number of esters is 1. The van der Waals surface area contributed by atoms with Crippen molar-refractivity contribution < 1.29 is 35.1 Å². The van der Waals surface area contributed by atoms with E-state index < -0.39 is 43.6 Å². The summed E-state index contributed by atoms with van der Waals surface area (Å²) in [7, 11) is 0. The van der Waals surface area contributed by atoms with Crippen molar-refractivity contribution in [3.8, 4) is 0 Å². The second-order valence-electron chi connectivity index (χ2n) is 11.3. The fraction of sp³-hybridized carbons (Fsp3) is 0.968. The number of hydrogen-bond acceptors (Lipinski definition) is 7. The van der Waals surface area contributed by atoms with Crippen molar-refractivity contribution in [3.05, 3.63) is 0 Å². The van der Waals surface area contributed by atoms with E-state index in [1.165, 1.54) is 103 Å². The van der Waals surface area contributed by atoms with E-state index in [1.807, 2.05) is 0 Å². The second-order valence-corrected chi connectivity index (χ2v) is 11.3. The molecule has 0 spiro atoms. The number of unbranched alkanes of at least 4 members (excludes halogenated alkanes) is 16. The first-order valence-electron chi connectivity index (χ1n) is 15.9. The molecule has 0 aliphatic carbocycles. The van der Waals surface area contributed by atoms with E-state index in [9.17, 15) is 25.2 Å². The number of hydrogen-bond donors (Lipinski definition) is 5. The molecule has 0 amide bonds. The van der Waals surface area contributed by atoms with Crippen LogP contribution in [0.4, 0.5) is 0 Å². The number of aliphatic hydroxyl groups excluding tert-OH is 5. The van der Waals surface area contributed by atoms with E-state index in [4.69, 9.17) is 9.84 Å². The first kappa shape index (κ1) is 37.3. The first-order valence-corrected chi connectivity index (χ1v) is 15.9. The molecule has 0 aliphatic rings. The van der Waals surface area contributed by atoms with Gasteiger partial charge in [-0.3, -0.25) is 4.79 Å². The third kappa shape index (κ3) is 21.1. The van der Waals surface area contributed by atoms with Crippen molar-refractivity contribution in [1.82, 2.24) is 0 Å². The molecule has 38 heavy (non-hydrogen) atoms. The molecule has 0 bridgehead atoms. The summed E-state index contributed by atoms with van der Waals surface area (Å²) in [5.74, 6) is -0.161. The zero-order valence-electron chi connectivity index (χ0n) is 24.7. The van der Waals surface area contributed by atoms with Crippen LogP contribution in [0.25, 0.3) is 0 Å². The van der Waals surface area contributed by atoms with E-state index in [0.717, 1.165) is 25.7 Å². The Balaban J connectivity index is 4.38. The van der Waals surface area contributed by atoms with Crippen LogP contribution in [0.5, 0.6) is 0 Å². The molecule has 228 valence electrons. The number of ether oxygens (including phenoxy) is 1. The predicted molar refractivity (Wildman–Crippen MR) is 154 cm³/mol. The third-order valence-corrected chi connectivity index (χ3v) is 7.63. The van der Waals surface area contributed by atoms with Crippen LogP contribution in [0.3, 0.4) is 0 Å². The average Bonchev–Trinajstić information content (AvgIpc) is 2.92. The van der Waals surface area contributed by atoms with Gasteiger partial charge in [0.1, 0.15) is 31.0 Å². The molecule has 7 heteroatoms. The maximum absolute atomic E-state index is 12.5. The first-order chi connectivity index (χ1) is 18.4. The van der Waals surface area contributed by atoms with Crippen molar-refractivity contribution in [3.63, 3.8) is 0 Å². The molecule has 0 aromatic carbocycles. The zero-order valence-corrected chi connectivity index (χ0v) is 24.7. The Morgan fingerprint density at radius 3 is 1.34 bits per heavy atom. The molecule has 0 saturated carbocycles. The van der Waals surface area contributed by atoms with E-state index in [0.29, 0.717) is 6.42 Å². The van der Waals surface area contributed by atoms with Crippen LogP contribution >= 0.6 is 0 Å². The van der Waals surface area contributed by atoms with Crippen LogP contribution in [0.15, 0.2) is 0 Å². The monoisotopic (exact) mass is 546 g/mol. The fourth-order valence-corrected chi connectivity index (χ4v) is 4.97. The van der Waals surface area contributed by atoms with Crippen LogP contribution in [0, 0.1) is 5.92 Å². The van der Waals surface area contributed by atoms with Crippen molar-refractivity contribution in [1.29, 1.82) is 0 Å². The van der Waals surface area contributed by atoms with Crippen molar-refractivity contribution in [2.45, 2.75) is 173 Å². The van der Waals surface area contributed by atoms with E-state index in [2.05, 4.69) is 13.8 Å². The van der Waals surface area contributed by atoms with E-state index in [-0.39, 0.29) is 5.92 Å². The maximum Gasteiger partial charge on any atom is 0.306 e. The van der Waals surface area contributed by atoms with Crippen molar-refractivity contribution >= 4 is 5.97 Å². The Labute approximate surface area is 233 Å².